The average Bonchev–Trinajstić information content (AvgIpc) is 3.62. The van der Waals surface area contributed by atoms with E-state index < -0.39 is 16.1 Å². The third-order valence-electron chi connectivity index (χ3n) is 7.89. The van der Waals surface area contributed by atoms with Gasteiger partial charge in [-0.1, -0.05) is 78.9 Å². The number of rotatable bonds is 13. The van der Waals surface area contributed by atoms with Crippen LogP contribution in [0.5, 0.6) is 0 Å². The van der Waals surface area contributed by atoms with Gasteiger partial charge in [0.25, 0.3) is 0 Å². The number of nitrogens with one attached hydrogen (secondary N) is 1. The normalized spacial score (nSPS) is 14.2. The molecule has 1 aliphatic heterocycles. The fourth-order valence-corrected chi connectivity index (χ4v) is 6.95. The van der Waals surface area contributed by atoms with Gasteiger partial charge in [-0.25, -0.2) is 8.42 Å². The number of carbonyl (C=O) groups is 2. The monoisotopic (exact) mass is 610 g/mol. The summed E-state index contributed by atoms with van der Waals surface area (Å²) in [5.74, 6) is -0.406. The highest BCUT2D eigenvalue weighted by Crippen LogP contribution is 2.22. The number of benzene rings is 3. The molecule has 1 aromatic heterocycles. The second-order valence-corrected chi connectivity index (χ2v) is 12.9. The topological polar surface area (TPSA) is 99.7 Å². The van der Waals surface area contributed by atoms with Crippen molar-refractivity contribution in [2.45, 2.75) is 56.1 Å². The van der Waals surface area contributed by atoms with Crippen molar-refractivity contribution in [3.63, 3.8) is 0 Å². The van der Waals surface area contributed by atoms with Crippen molar-refractivity contribution in [2.75, 3.05) is 13.1 Å². The van der Waals surface area contributed by atoms with E-state index in [9.17, 15) is 18.0 Å². The van der Waals surface area contributed by atoms with Crippen LogP contribution in [0.2, 0.25) is 0 Å². The van der Waals surface area contributed by atoms with Gasteiger partial charge in [0.1, 0.15) is 6.04 Å². The standard InChI is InChI=1S/C35H38N4O4S/c40-34(21-18-28-16-19-32(20-17-28)44(42,43)38-23-9-10-24-38)39(27-30-13-5-2-6-14-30)33(25-29-11-3-1-4-12-29)35(41)37-26-31-15-7-8-22-36-31/h1-8,11-17,19-20,22,33H,9-10,18,21,23-27H2,(H,37,41). The van der Waals surface area contributed by atoms with Crippen LogP contribution in [0.25, 0.3) is 0 Å². The highest BCUT2D eigenvalue weighted by molar-refractivity contribution is 7.89. The molecule has 0 aliphatic carbocycles. The van der Waals surface area contributed by atoms with E-state index in [2.05, 4.69) is 10.3 Å². The number of aromatic nitrogens is 1. The molecule has 0 spiro atoms. The Hall–Kier alpha value is -4.34. The van der Waals surface area contributed by atoms with Gasteiger partial charge < -0.3 is 10.2 Å². The molecule has 1 atom stereocenters. The first kappa shape index (κ1) is 31.1. The van der Waals surface area contributed by atoms with Gasteiger partial charge in [0.15, 0.2) is 0 Å². The van der Waals surface area contributed by atoms with Crippen molar-refractivity contribution in [1.29, 1.82) is 0 Å². The molecule has 2 amide bonds. The quantitative estimate of drug-likeness (QED) is 0.236. The van der Waals surface area contributed by atoms with Gasteiger partial charge in [0, 0.05) is 38.7 Å². The number of sulfonamides is 1. The lowest BCUT2D eigenvalue weighted by Gasteiger charge is -2.31. The maximum Gasteiger partial charge on any atom is 0.243 e. The number of hydrogen-bond acceptors (Lipinski definition) is 5. The van der Waals surface area contributed by atoms with E-state index in [4.69, 9.17) is 0 Å². The summed E-state index contributed by atoms with van der Waals surface area (Å²) in [4.78, 5) is 34.0. The molecule has 1 saturated heterocycles. The fourth-order valence-electron chi connectivity index (χ4n) is 5.43. The minimum absolute atomic E-state index is 0.156. The first-order chi connectivity index (χ1) is 21.4. The van der Waals surface area contributed by atoms with Crippen molar-refractivity contribution < 1.29 is 18.0 Å². The Morgan fingerprint density at radius 2 is 1.43 bits per heavy atom. The lowest BCUT2D eigenvalue weighted by Crippen LogP contribution is -2.50. The van der Waals surface area contributed by atoms with Crippen LogP contribution in [-0.4, -0.2) is 53.6 Å². The van der Waals surface area contributed by atoms with Gasteiger partial charge >= 0.3 is 0 Å². The molecule has 1 N–H and O–H groups in total. The lowest BCUT2D eigenvalue weighted by molar-refractivity contribution is -0.141. The van der Waals surface area contributed by atoms with Crippen molar-refractivity contribution in [2.24, 2.45) is 0 Å². The second kappa shape index (κ2) is 14.9. The zero-order valence-corrected chi connectivity index (χ0v) is 25.5. The molecule has 0 radical (unpaired) electrons. The Balaban J connectivity index is 1.35. The van der Waals surface area contributed by atoms with Crippen LogP contribution in [0.15, 0.2) is 114 Å². The van der Waals surface area contributed by atoms with Crippen LogP contribution in [0.4, 0.5) is 0 Å². The second-order valence-electron chi connectivity index (χ2n) is 11.0. The molecule has 3 aromatic carbocycles. The molecule has 4 aromatic rings. The first-order valence-electron chi connectivity index (χ1n) is 15.0. The largest absolute Gasteiger partial charge is 0.349 e. The third kappa shape index (κ3) is 8.18. The molecule has 1 fully saturated rings. The highest BCUT2D eigenvalue weighted by Gasteiger charge is 2.31. The molecule has 5 rings (SSSR count). The fraction of sp³-hybridized carbons (Fsp3) is 0.286. The Kier molecular flexibility index (Phi) is 10.5. The minimum atomic E-state index is -3.50. The predicted molar refractivity (Wildman–Crippen MR) is 170 cm³/mol. The van der Waals surface area contributed by atoms with Crippen LogP contribution in [0.1, 0.15) is 41.6 Å². The number of hydrogen-bond donors (Lipinski definition) is 1. The van der Waals surface area contributed by atoms with Gasteiger partial charge in [-0.15, -0.1) is 0 Å². The molecular formula is C35H38N4O4S. The van der Waals surface area contributed by atoms with Crippen molar-refractivity contribution in [1.82, 2.24) is 19.5 Å². The van der Waals surface area contributed by atoms with Crippen LogP contribution in [0, 0.1) is 0 Å². The number of pyridine rings is 1. The summed E-state index contributed by atoms with van der Waals surface area (Å²) in [7, 11) is -3.50. The van der Waals surface area contributed by atoms with E-state index in [1.165, 1.54) is 4.31 Å². The minimum Gasteiger partial charge on any atom is -0.349 e. The van der Waals surface area contributed by atoms with Crippen molar-refractivity contribution in [3.05, 3.63) is 132 Å². The van der Waals surface area contributed by atoms with Gasteiger partial charge in [0.05, 0.1) is 17.1 Å². The van der Waals surface area contributed by atoms with Crippen LogP contribution >= 0.6 is 0 Å². The zero-order valence-electron chi connectivity index (χ0n) is 24.7. The third-order valence-corrected chi connectivity index (χ3v) is 9.80. The van der Waals surface area contributed by atoms with Gasteiger partial charge in [-0.2, -0.15) is 4.31 Å². The molecule has 0 bridgehead atoms. The number of amides is 2. The molecule has 9 heteroatoms. The van der Waals surface area contributed by atoms with E-state index in [1.54, 1.807) is 35.4 Å². The van der Waals surface area contributed by atoms with Crippen LogP contribution in [0.3, 0.4) is 0 Å². The highest BCUT2D eigenvalue weighted by atomic mass is 32.2. The summed E-state index contributed by atoms with van der Waals surface area (Å²) < 4.78 is 27.4. The van der Waals surface area contributed by atoms with Gasteiger partial charge in [-0.05, 0) is 60.2 Å². The maximum absolute atomic E-state index is 14.0. The Morgan fingerprint density at radius 3 is 2.07 bits per heavy atom. The molecule has 1 unspecified atom stereocenters. The van der Waals surface area contributed by atoms with Crippen molar-refractivity contribution in [3.8, 4) is 0 Å². The van der Waals surface area contributed by atoms with E-state index in [0.29, 0.717) is 25.9 Å². The van der Waals surface area contributed by atoms with Gasteiger partial charge in [-0.3, -0.25) is 14.6 Å². The molecule has 8 nitrogen and oxygen atoms in total. The van der Waals surface area contributed by atoms with Crippen LogP contribution in [-0.2, 0) is 45.5 Å². The molecule has 44 heavy (non-hydrogen) atoms. The Bertz CT molecular complexity index is 1610. The SMILES string of the molecule is O=C(NCc1ccccn1)C(Cc1ccccc1)N(Cc1ccccc1)C(=O)CCc1ccc(S(=O)(=O)N2CCCC2)cc1. The number of carbonyl (C=O) groups excluding carboxylic acids is 2. The molecule has 1 aliphatic rings. The van der Waals surface area contributed by atoms with Crippen LogP contribution < -0.4 is 5.32 Å². The Morgan fingerprint density at radius 1 is 0.795 bits per heavy atom. The molecule has 0 saturated carbocycles. The smallest absolute Gasteiger partial charge is 0.243 e. The first-order valence-corrected chi connectivity index (χ1v) is 16.5. The molecule has 2 heterocycles. The van der Waals surface area contributed by atoms with E-state index in [-0.39, 0.29) is 36.2 Å². The summed E-state index contributed by atoms with van der Waals surface area (Å²) in [5.41, 5.74) is 3.46. The van der Waals surface area contributed by atoms with Crippen molar-refractivity contribution >= 4 is 21.8 Å². The molecular weight excluding hydrogens is 572 g/mol. The zero-order chi connectivity index (χ0) is 30.8. The predicted octanol–water partition coefficient (Wildman–Crippen LogP) is 4.76. The summed E-state index contributed by atoms with van der Waals surface area (Å²) in [6.45, 7) is 1.64. The Labute approximate surface area is 259 Å². The summed E-state index contributed by atoms with van der Waals surface area (Å²) >= 11 is 0. The average molecular weight is 611 g/mol. The molecule has 228 valence electrons. The van der Waals surface area contributed by atoms with Gasteiger partial charge in [0.2, 0.25) is 21.8 Å². The maximum atomic E-state index is 14.0. The van der Waals surface area contributed by atoms with E-state index >= 15 is 0 Å². The summed E-state index contributed by atoms with van der Waals surface area (Å²) in [6.07, 6.45) is 4.39. The summed E-state index contributed by atoms with van der Waals surface area (Å²) in [5, 5.41) is 3.00. The van der Waals surface area contributed by atoms with E-state index in [1.807, 2.05) is 78.9 Å². The number of nitrogens with zero attached hydrogens (tertiary/aromatic N) is 3. The number of aryl methyl sites for hydroxylation is 1. The summed E-state index contributed by atoms with van der Waals surface area (Å²) in [6, 6.07) is 31.0. The van der Waals surface area contributed by atoms with E-state index in [0.717, 1.165) is 35.2 Å². The lowest BCUT2D eigenvalue weighted by atomic mass is 10.0.